The third-order valence-electron chi connectivity index (χ3n) is 1.21. The fraction of sp³-hybridized carbons (Fsp3) is 1.00. The van der Waals surface area contributed by atoms with Crippen LogP contribution < -0.4 is 5.73 Å². The molecule has 0 aromatic heterocycles. The number of ether oxygens (including phenoxy) is 1. The fourth-order valence-electron chi connectivity index (χ4n) is 0.600. The predicted molar refractivity (Wildman–Crippen MR) is 72.6 cm³/mol. The van der Waals surface area contributed by atoms with E-state index in [1.807, 2.05) is 13.8 Å². The van der Waals surface area contributed by atoms with E-state index in [-0.39, 0.29) is 41.9 Å². The Morgan fingerprint density at radius 3 is 1.75 bits per heavy atom. The maximum absolute atomic E-state index is 10.7. The topological polar surface area (TPSA) is 69.4 Å². The summed E-state index contributed by atoms with van der Waals surface area (Å²) in [5, 5.41) is 0. The average molecular weight is 317 g/mol. The minimum Gasteiger partial charge on any atom is -0.364 e. The fourth-order valence-corrected chi connectivity index (χ4v) is 2.68. The van der Waals surface area contributed by atoms with Crippen molar-refractivity contribution in [3.05, 3.63) is 0 Å². The van der Waals surface area contributed by atoms with Crippen molar-refractivity contribution in [2.24, 2.45) is 5.73 Å². The summed E-state index contributed by atoms with van der Waals surface area (Å²) in [5.41, 5.74) is 5.18. The quantitative estimate of drug-likeness (QED) is 0.597. The number of rotatable bonds is 6. The second kappa shape index (κ2) is 13.8. The van der Waals surface area contributed by atoms with E-state index in [2.05, 4.69) is 0 Å². The van der Waals surface area contributed by atoms with Crippen molar-refractivity contribution in [2.75, 3.05) is 29.9 Å². The summed E-state index contributed by atoms with van der Waals surface area (Å²) in [6.45, 7) is 4.44. The highest BCUT2D eigenvalue weighted by Crippen LogP contribution is 1.92. The molecule has 8 heteroatoms. The van der Waals surface area contributed by atoms with Crippen LogP contribution in [0, 0.1) is 0 Å². The molecule has 0 aliphatic heterocycles. The highest BCUT2D eigenvalue weighted by atomic mass is 35.5. The molecule has 102 valence electrons. The first-order valence-electron chi connectivity index (χ1n) is 4.59. The zero-order valence-electron chi connectivity index (χ0n) is 9.49. The molecule has 0 saturated heterocycles. The van der Waals surface area contributed by atoms with E-state index in [1.165, 1.54) is 0 Å². The molecule has 0 radical (unpaired) electrons. The van der Waals surface area contributed by atoms with Crippen LogP contribution in [-0.2, 0) is 14.6 Å². The van der Waals surface area contributed by atoms with Crippen LogP contribution in [0.3, 0.4) is 0 Å². The van der Waals surface area contributed by atoms with Crippen LogP contribution in [0.5, 0.6) is 0 Å². The average Bonchev–Trinajstić information content (AvgIpc) is 2.03. The minimum absolute atomic E-state index is 0. The van der Waals surface area contributed by atoms with Crippen LogP contribution in [0.1, 0.15) is 13.8 Å². The molecular weight excluding hydrogens is 297 g/mol. The Balaban J connectivity index is -0.000000214. The third-order valence-corrected chi connectivity index (χ3v) is 3.68. The summed E-state index contributed by atoms with van der Waals surface area (Å²) in [6.07, 6.45) is -0.102. The van der Waals surface area contributed by atoms with Crippen LogP contribution in [0.4, 0.5) is 0 Å². The Labute approximate surface area is 114 Å². The molecule has 0 aromatic rings. The SMILES string of the molecule is CCOC(C)N.Cl.O=S(=O)(CCCl)CCCl. The maximum Gasteiger partial charge on any atom is 0.152 e. The number of alkyl halides is 2. The van der Waals surface area contributed by atoms with Crippen molar-refractivity contribution < 1.29 is 13.2 Å². The highest BCUT2D eigenvalue weighted by molar-refractivity contribution is 7.91. The Bertz CT molecular complexity index is 211. The lowest BCUT2D eigenvalue weighted by Gasteiger charge is -2.00. The molecule has 0 rings (SSSR count). The first-order chi connectivity index (χ1) is 6.89. The molecule has 0 aliphatic carbocycles. The van der Waals surface area contributed by atoms with Gasteiger partial charge in [0, 0.05) is 18.4 Å². The normalized spacial score (nSPS) is 12.1. The minimum atomic E-state index is -2.95. The second-order valence-electron chi connectivity index (χ2n) is 2.69. The smallest absolute Gasteiger partial charge is 0.152 e. The zero-order chi connectivity index (χ0) is 12.3. The zero-order valence-corrected chi connectivity index (χ0v) is 12.6. The van der Waals surface area contributed by atoms with Gasteiger partial charge in [0.2, 0.25) is 0 Å². The van der Waals surface area contributed by atoms with Gasteiger partial charge in [-0.2, -0.15) is 0 Å². The van der Waals surface area contributed by atoms with E-state index in [0.717, 1.165) is 0 Å². The van der Waals surface area contributed by atoms with Crippen molar-refractivity contribution >= 4 is 45.4 Å². The Hall–Kier alpha value is 0.740. The molecule has 2 N–H and O–H groups in total. The van der Waals surface area contributed by atoms with Gasteiger partial charge >= 0.3 is 0 Å². The molecule has 0 amide bonds. The van der Waals surface area contributed by atoms with E-state index >= 15 is 0 Å². The van der Waals surface area contributed by atoms with Crippen molar-refractivity contribution in [3.8, 4) is 0 Å². The van der Waals surface area contributed by atoms with E-state index in [0.29, 0.717) is 6.61 Å². The van der Waals surface area contributed by atoms with Crippen molar-refractivity contribution in [2.45, 2.75) is 20.1 Å². The Morgan fingerprint density at radius 1 is 1.25 bits per heavy atom. The lowest BCUT2D eigenvalue weighted by Crippen LogP contribution is -2.18. The van der Waals surface area contributed by atoms with E-state index < -0.39 is 9.84 Å². The molecule has 16 heavy (non-hydrogen) atoms. The molecule has 0 bridgehead atoms. The molecule has 1 atom stereocenters. The summed E-state index contributed by atoms with van der Waals surface area (Å²) in [5.74, 6) is 0.362. The number of hydrogen-bond donors (Lipinski definition) is 1. The predicted octanol–water partition coefficient (Wildman–Crippen LogP) is 1.63. The van der Waals surface area contributed by atoms with Gasteiger partial charge in [-0.15, -0.1) is 35.6 Å². The summed E-state index contributed by atoms with van der Waals surface area (Å²) in [7, 11) is -2.95. The molecule has 0 fully saturated rings. The van der Waals surface area contributed by atoms with Gasteiger partial charge in [0.25, 0.3) is 0 Å². The van der Waals surface area contributed by atoms with Gasteiger partial charge < -0.3 is 10.5 Å². The number of nitrogens with two attached hydrogens (primary N) is 1. The standard InChI is InChI=1S/C4H8Cl2O2S.C4H11NO.ClH/c5-1-3-9(7,8)4-2-6;1-3-6-4(2)5;/h1-4H2;4H,3,5H2,1-2H3;1H. The van der Waals surface area contributed by atoms with Crippen molar-refractivity contribution in [1.82, 2.24) is 0 Å². The van der Waals surface area contributed by atoms with Gasteiger partial charge in [-0.05, 0) is 13.8 Å². The second-order valence-corrected chi connectivity index (χ2v) is 5.75. The summed E-state index contributed by atoms with van der Waals surface area (Å²) in [4.78, 5) is 0. The van der Waals surface area contributed by atoms with Gasteiger partial charge in [0.15, 0.2) is 9.84 Å². The first-order valence-corrected chi connectivity index (χ1v) is 7.48. The Morgan fingerprint density at radius 2 is 1.62 bits per heavy atom. The van der Waals surface area contributed by atoms with E-state index in [4.69, 9.17) is 33.7 Å². The lowest BCUT2D eigenvalue weighted by molar-refractivity contribution is 0.0814. The largest absolute Gasteiger partial charge is 0.364 e. The van der Waals surface area contributed by atoms with Crippen molar-refractivity contribution in [1.29, 1.82) is 0 Å². The van der Waals surface area contributed by atoms with Gasteiger partial charge in [-0.3, -0.25) is 0 Å². The molecule has 0 aromatic carbocycles. The van der Waals surface area contributed by atoms with Crippen LogP contribution in [0.15, 0.2) is 0 Å². The Kier molecular flexibility index (Phi) is 19.0. The summed E-state index contributed by atoms with van der Waals surface area (Å²) < 4.78 is 26.1. The van der Waals surface area contributed by atoms with Crippen LogP contribution >= 0.6 is 35.6 Å². The molecule has 0 aliphatic rings. The molecule has 1 unspecified atom stereocenters. The van der Waals surface area contributed by atoms with Gasteiger partial charge in [-0.1, -0.05) is 0 Å². The van der Waals surface area contributed by atoms with Crippen LogP contribution in [-0.4, -0.2) is 44.5 Å². The molecular formula is C8H20Cl3NO3S. The van der Waals surface area contributed by atoms with Gasteiger partial charge in [0.1, 0.15) is 6.23 Å². The van der Waals surface area contributed by atoms with Gasteiger partial charge in [0.05, 0.1) is 11.5 Å². The molecule has 0 heterocycles. The maximum atomic E-state index is 10.7. The van der Waals surface area contributed by atoms with E-state index in [1.54, 1.807) is 0 Å². The number of hydrogen-bond acceptors (Lipinski definition) is 4. The van der Waals surface area contributed by atoms with E-state index in [9.17, 15) is 8.42 Å². The third kappa shape index (κ3) is 20.2. The molecule has 0 spiro atoms. The number of sulfone groups is 1. The monoisotopic (exact) mass is 315 g/mol. The highest BCUT2D eigenvalue weighted by Gasteiger charge is 2.06. The molecule has 0 saturated carbocycles. The summed E-state index contributed by atoms with van der Waals surface area (Å²) in [6, 6.07) is 0. The lowest BCUT2D eigenvalue weighted by atomic mass is 10.7. The number of halogens is 3. The van der Waals surface area contributed by atoms with Gasteiger partial charge in [-0.25, -0.2) is 8.42 Å². The first kappa shape index (κ1) is 22.0. The summed E-state index contributed by atoms with van der Waals surface area (Å²) >= 11 is 10.4. The van der Waals surface area contributed by atoms with Crippen LogP contribution in [0.25, 0.3) is 0 Å². The molecule has 4 nitrogen and oxygen atoms in total. The van der Waals surface area contributed by atoms with Crippen molar-refractivity contribution in [3.63, 3.8) is 0 Å². The van der Waals surface area contributed by atoms with Crippen LogP contribution in [0.2, 0.25) is 0 Å².